The van der Waals surface area contributed by atoms with Crippen molar-refractivity contribution in [2.45, 2.75) is 75.9 Å². The molecule has 4 fully saturated rings. The van der Waals surface area contributed by atoms with Gasteiger partial charge in [-0.2, -0.15) is 0 Å². The summed E-state index contributed by atoms with van der Waals surface area (Å²) in [5.74, 6) is 1.00. The Morgan fingerprint density at radius 3 is 2.62 bits per heavy atom. The number of pyridine rings is 1. The number of unbranched alkanes of at least 4 members (excludes halogenated alkanes) is 1. The first-order valence-electron chi connectivity index (χ1n) is 20.6. The third-order valence-corrected chi connectivity index (χ3v) is 13.1. The third kappa shape index (κ3) is 9.00. The predicted octanol–water partition coefficient (Wildman–Crippen LogP) is 6.09. The molecule has 1 aliphatic carbocycles. The van der Waals surface area contributed by atoms with Crippen molar-refractivity contribution < 1.29 is 34.4 Å². The van der Waals surface area contributed by atoms with Crippen molar-refractivity contribution in [1.29, 1.82) is 0 Å². The fourth-order valence-corrected chi connectivity index (χ4v) is 10.1. The highest BCUT2D eigenvalue weighted by molar-refractivity contribution is 6.32. The van der Waals surface area contributed by atoms with Gasteiger partial charge < -0.3 is 45.3 Å². The lowest BCUT2D eigenvalue weighted by Gasteiger charge is -2.53. The molecule has 8 rings (SSSR count). The van der Waals surface area contributed by atoms with E-state index < -0.39 is 17.5 Å². The minimum atomic E-state index is -0.937. The van der Waals surface area contributed by atoms with Crippen molar-refractivity contribution in [2.75, 3.05) is 46.4 Å². The molecule has 4 aromatic rings. The van der Waals surface area contributed by atoms with Gasteiger partial charge in [0.15, 0.2) is 6.61 Å². The van der Waals surface area contributed by atoms with Crippen molar-refractivity contribution >= 4 is 34.4 Å². The Bertz CT molecular complexity index is 2150. The van der Waals surface area contributed by atoms with Gasteiger partial charge in [0.1, 0.15) is 17.2 Å². The molecule has 0 spiro atoms. The number of fused-ring (bicyclic) bond motifs is 4. The van der Waals surface area contributed by atoms with E-state index in [1.54, 1.807) is 24.3 Å². The van der Waals surface area contributed by atoms with Crippen LogP contribution in [0.4, 0.5) is 0 Å². The lowest BCUT2D eigenvalue weighted by atomic mass is 9.55. The summed E-state index contributed by atoms with van der Waals surface area (Å²) in [5.41, 5.74) is 2.43. The molecule has 3 aromatic carbocycles. The average molecular weight is 815 g/mol. The summed E-state index contributed by atoms with van der Waals surface area (Å²) >= 11 is 6.55. The first-order chi connectivity index (χ1) is 28.1. The number of aromatic hydroxyl groups is 1. The molecule has 6 N–H and O–H groups in total. The number of aromatic nitrogens is 1. The molecule has 2 bridgehead atoms. The number of H-pyrrole nitrogens is 1. The molecule has 12 nitrogen and oxygen atoms in total. The number of ether oxygens (including phenoxy) is 2. The molecule has 1 saturated carbocycles. The summed E-state index contributed by atoms with van der Waals surface area (Å²) in [4.78, 5) is 42.9. The molecule has 13 heteroatoms. The SMILES string of the molecule is COc1cc(OCC(=O)NCCCCc2cccc(C3(C(=O)O)CCCCC3C3CN4CCC3CC4)c2)c(Cl)cc1CNCC(O)c1ccc(O)c2[nH]c(=O)ccc12. The van der Waals surface area contributed by atoms with Crippen LogP contribution in [0.5, 0.6) is 17.2 Å². The maximum atomic E-state index is 13.3. The van der Waals surface area contributed by atoms with Crippen molar-refractivity contribution in [3.8, 4) is 17.2 Å². The number of aryl methyl sites for hydroxylation is 1. The van der Waals surface area contributed by atoms with E-state index in [0.717, 1.165) is 69.3 Å². The Morgan fingerprint density at radius 2 is 1.86 bits per heavy atom. The average Bonchev–Trinajstić information content (AvgIpc) is 3.23. The van der Waals surface area contributed by atoms with E-state index in [2.05, 4.69) is 32.7 Å². The van der Waals surface area contributed by atoms with Gasteiger partial charge in [0.2, 0.25) is 5.56 Å². The first-order valence-corrected chi connectivity index (χ1v) is 21.0. The van der Waals surface area contributed by atoms with Crippen molar-refractivity contribution in [2.24, 2.45) is 17.8 Å². The van der Waals surface area contributed by atoms with Gasteiger partial charge in [0.25, 0.3) is 5.91 Å². The van der Waals surface area contributed by atoms with Gasteiger partial charge in [-0.1, -0.05) is 54.8 Å². The number of aliphatic hydroxyl groups excluding tert-OH is 1. The Kier molecular flexibility index (Phi) is 13.3. The number of hydrogen-bond donors (Lipinski definition) is 6. The predicted molar refractivity (Wildman–Crippen MR) is 223 cm³/mol. The largest absolute Gasteiger partial charge is 0.506 e. The van der Waals surface area contributed by atoms with E-state index in [0.29, 0.717) is 64.4 Å². The van der Waals surface area contributed by atoms with Gasteiger partial charge in [-0.3, -0.25) is 14.4 Å². The summed E-state index contributed by atoms with van der Waals surface area (Å²) < 4.78 is 11.3. The maximum absolute atomic E-state index is 13.3. The number of aromatic amines is 1. The maximum Gasteiger partial charge on any atom is 0.314 e. The second-order valence-corrected chi connectivity index (χ2v) is 16.7. The molecule has 3 aliphatic heterocycles. The molecule has 0 radical (unpaired) electrons. The van der Waals surface area contributed by atoms with Crippen LogP contribution < -0.4 is 25.7 Å². The number of rotatable bonds is 17. The van der Waals surface area contributed by atoms with Crippen LogP contribution in [0.1, 0.15) is 79.7 Å². The highest BCUT2D eigenvalue weighted by atomic mass is 35.5. The minimum absolute atomic E-state index is 0.0797. The number of phenols is 1. The number of methoxy groups -OCH3 is 1. The highest BCUT2D eigenvalue weighted by Crippen LogP contribution is 2.52. The van der Waals surface area contributed by atoms with Crippen molar-refractivity contribution in [3.05, 3.63) is 98.3 Å². The summed E-state index contributed by atoms with van der Waals surface area (Å²) in [7, 11) is 1.52. The van der Waals surface area contributed by atoms with Gasteiger partial charge in [0.05, 0.1) is 29.2 Å². The number of amides is 1. The number of halogens is 1. The first kappa shape index (κ1) is 41.5. The number of piperidine rings is 3. The quantitative estimate of drug-likeness (QED) is 0.0685. The minimum Gasteiger partial charge on any atom is -0.506 e. The number of phenolic OH excluding ortho intramolecular Hbond substituents is 1. The van der Waals surface area contributed by atoms with Crippen LogP contribution >= 0.6 is 11.6 Å². The number of hydrogen-bond acceptors (Lipinski definition) is 9. The van der Waals surface area contributed by atoms with Crippen molar-refractivity contribution in [1.82, 2.24) is 20.5 Å². The van der Waals surface area contributed by atoms with E-state index in [-0.39, 0.29) is 41.8 Å². The van der Waals surface area contributed by atoms with Crippen LogP contribution in [0, 0.1) is 17.8 Å². The topological polar surface area (TPSA) is 173 Å². The number of nitrogens with zero attached hydrogens (tertiary/aromatic N) is 1. The fraction of sp³-hybridized carbons (Fsp3) is 0.489. The molecule has 1 amide bonds. The van der Waals surface area contributed by atoms with Gasteiger partial charge in [-0.15, -0.1) is 0 Å². The Balaban J connectivity index is 0.871. The van der Waals surface area contributed by atoms with Crippen LogP contribution in [-0.2, 0) is 28.0 Å². The monoisotopic (exact) mass is 814 g/mol. The number of carboxylic acids is 1. The number of carboxylic acid groups (broad SMARTS) is 1. The van der Waals surface area contributed by atoms with Crippen LogP contribution in [0.3, 0.4) is 0 Å². The zero-order valence-electron chi connectivity index (χ0n) is 33.1. The lowest BCUT2D eigenvalue weighted by Crippen LogP contribution is -2.56. The van der Waals surface area contributed by atoms with Crippen LogP contribution in [-0.4, -0.2) is 83.5 Å². The summed E-state index contributed by atoms with van der Waals surface area (Å²) in [6.07, 6.45) is 7.58. The number of benzene rings is 3. The van der Waals surface area contributed by atoms with Crippen LogP contribution in [0.2, 0.25) is 5.02 Å². The Labute approximate surface area is 343 Å². The molecule has 3 saturated heterocycles. The normalized spacial score (nSPS) is 23.4. The number of nitrogens with one attached hydrogen (secondary N) is 3. The molecule has 4 atom stereocenters. The van der Waals surface area contributed by atoms with Gasteiger partial charge in [-0.25, -0.2) is 0 Å². The van der Waals surface area contributed by atoms with Crippen molar-refractivity contribution in [3.63, 3.8) is 0 Å². The van der Waals surface area contributed by atoms with Gasteiger partial charge in [-0.05, 0) is 111 Å². The highest BCUT2D eigenvalue weighted by Gasteiger charge is 2.54. The zero-order valence-corrected chi connectivity index (χ0v) is 33.9. The van der Waals surface area contributed by atoms with E-state index >= 15 is 0 Å². The number of carbonyl (C=O) groups excluding carboxylic acids is 1. The summed E-state index contributed by atoms with van der Waals surface area (Å²) in [5, 5.41) is 38.9. The fourth-order valence-electron chi connectivity index (χ4n) is 9.89. The summed E-state index contributed by atoms with van der Waals surface area (Å²) in [6.45, 7) is 4.06. The molecular formula is C45H55ClN4O8. The van der Waals surface area contributed by atoms with E-state index in [4.69, 9.17) is 21.1 Å². The molecule has 4 heterocycles. The number of aliphatic hydroxyl groups is 1. The lowest BCUT2D eigenvalue weighted by molar-refractivity contribution is -0.151. The number of aliphatic carboxylic acids is 1. The molecule has 4 aliphatic rings. The molecule has 1 aromatic heterocycles. The van der Waals surface area contributed by atoms with E-state index in [9.17, 15) is 29.7 Å². The van der Waals surface area contributed by atoms with Gasteiger partial charge >= 0.3 is 5.97 Å². The van der Waals surface area contributed by atoms with Crippen LogP contribution in [0.15, 0.2) is 65.5 Å². The molecule has 4 unspecified atom stereocenters. The second-order valence-electron chi connectivity index (χ2n) is 16.3. The summed E-state index contributed by atoms with van der Waals surface area (Å²) in [6, 6.07) is 17.6. The molecular weight excluding hydrogens is 760 g/mol. The Morgan fingerprint density at radius 1 is 1.03 bits per heavy atom. The van der Waals surface area contributed by atoms with Gasteiger partial charge in [0, 0.05) is 49.3 Å². The standard InChI is InChI=1S/C45H55ClN4O8/c1-57-39-23-40(36(46)22-30(39)24-47-25-38(52)32-11-13-37(51)43-33(32)12-14-41(53)49-43)58-27-42(54)48-18-5-3-7-28-8-6-9-31(21-28)45(44(55)56)17-4-2-10-35(45)34-26-50-19-15-29(34)16-20-50/h6,8-9,11-14,21-23,29,34-35,38,47,51-52H,2-5,7,10,15-20,24-27H2,1H3,(H,48,54)(H,49,53)(H,55,56). The third-order valence-electron chi connectivity index (χ3n) is 12.8. The smallest absolute Gasteiger partial charge is 0.314 e. The van der Waals surface area contributed by atoms with E-state index in [1.807, 2.05) is 12.1 Å². The second kappa shape index (κ2) is 18.5. The molecule has 310 valence electrons. The zero-order chi connectivity index (χ0) is 40.8. The van der Waals surface area contributed by atoms with Crippen LogP contribution in [0.25, 0.3) is 10.9 Å². The van der Waals surface area contributed by atoms with E-state index in [1.165, 1.54) is 32.1 Å². The Hall–Kier alpha value is -4.62. The molecule has 58 heavy (non-hydrogen) atoms. The number of carbonyl (C=O) groups is 2.